The van der Waals surface area contributed by atoms with E-state index in [0.717, 1.165) is 19.3 Å². The van der Waals surface area contributed by atoms with E-state index in [-0.39, 0.29) is 12.4 Å². The Balaban J connectivity index is 1.69. The van der Waals surface area contributed by atoms with E-state index in [0.29, 0.717) is 17.0 Å². The Hall–Kier alpha value is -1.81. The van der Waals surface area contributed by atoms with Gasteiger partial charge in [0, 0.05) is 6.42 Å². The maximum atomic E-state index is 10.3. The maximum absolute atomic E-state index is 10.3. The monoisotopic (exact) mass is 393 g/mol. The molecule has 3 heterocycles. The fraction of sp³-hybridized carbons (Fsp3) is 0.737. The van der Waals surface area contributed by atoms with Crippen molar-refractivity contribution in [2.45, 2.75) is 82.8 Å². The van der Waals surface area contributed by atoms with Crippen molar-refractivity contribution >= 4 is 17.0 Å². The lowest BCUT2D eigenvalue weighted by Crippen LogP contribution is -2.33. The van der Waals surface area contributed by atoms with Gasteiger partial charge in [-0.2, -0.15) is 0 Å². The topological polar surface area (TPSA) is 140 Å². The first-order valence-electron chi connectivity index (χ1n) is 10.2. The molecule has 0 amide bonds. The van der Waals surface area contributed by atoms with Crippen LogP contribution in [-0.4, -0.2) is 59.8 Å². The zero-order valence-corrected chi connectivity index (χ0v) is 16.4. The summed E-state index contributed by atoms with van der Waals surface area (Å²) in [5, 5.41) is 29.6. The summed E-state index contributed by atoms with van der Waals surface area (Å²) in [4.78, 5) is 13.2. The highest BCUT2D eigenvalue weighted by Crippen LogP contribution is 2.32. The van der Waals surface area contributed by atoms with E-state index in [1.807, 2.05) is 0 Å². The lowest BCUT2D eigenvalue weighted by molar-refractivity contribution is -0.0511. The molecule has 0 aliphatic carbocycles. The standard InChI is InChI=1S/C19H31N5O4/c1-2-3-4-5-6-7-8-9-13-22-17(20)14-18(23-13)24(11-21-14)19-16(27)15(26)12(10-25)28-19/h11-12,15-16,19,25-27H,2-10H2,1H3,(H2,20,22,23)/t12-,15?,16?,19-/m1/s1. The molecule has 1 aliphatic rings. The zero-order valence-electron chi connectivity index (χ0n) is 16.4. The number of aliphatic hydroxyl groups excluding tert-OH is 3. The molecule has 0 bridgehead atoms. The highest BCUT2D eigenvalue weighted by atomic mass is 16.6. The van der Waals surface area contributed by atoms with Crippen molar-refractivity contribution in [2.75, 3.05) is 12.3 Å². The Kier molecular flexibility index (Phi) is 7.17. The predicted octanol–water partition coefficient (Wildman–Crippen LogP) is 1.31. The third kappa shape index (κ3) is 4.43. The van der Waals surface area contributed by atoms with Crippen LogP contribution in [0.3, 0.4) is 0 Å². The number of anilines is 1. The van der Waals surface area contributed by atoms with Crippen molar-refractivity contribution in [2.24, 2.45) is 0 Å². The normalized spacial score (nSPS) is 25.0. The molecule has 28 heavy (non-hydrogen) atoms. The molecule has 5 N–H and O–H groups in total. The summed E-state index contributed by atoms with van der Waals surface area (Å²) in [5.74, 6) is 0.917. The van der Waals surface area contributed by atoms with Gasteiger partial charge < -0.3 is 25.8 Å². The maximum Gasteiger partial charge on any atom is 0.167 e. The minimum atomic E-state index is -1.20. The van der Waals surface area contributed by atoms with Crippen LogP contribution < -0.4 is 5.73 Å². The van der Waals surface area contributed by atoms with Crippen LogP contribution in [0.1, 0.15) is 63.9 Å². The van der Waals surface area contributed by atoms with E-state index in [9.17, 15) is 15.3 Å². The Morgan fingerprint density at radius 3 is 2.46 bits per heavy atom. The lowest BCUT2D eigenvalue weighted by Gasteiger charge is -2.16. The largest absolute Gasteiger partial charge is 0.394 e. The van der Waals surface area contributed by atoms with Gasteiger partial charge in [0.05, 0.1) is 12.9 Å². The average molecular weight is 393 g/mol. The van der Waals surface area contributed by atoms with Crippen LogP contribution in [0.5, 0.6) is 0 Å². The number of nitrogen functional groups attached to an aromatic ring is 1. The van der Waals surface area contributed by atoms with Gasteiger partial charge in [-0.15, -0.1) is 0 Å². The molecule has 1 saturated heterocycles. The molecule has 156 valence electrons. The molecule has 2 aromatic rings. The van der Waals surface area contributed by atoms with E-state index in [1.54, 1.807) is 4.57 Å². The Bertz CT molecular complexity index is 768. The van der Waals surface area contributed by atoms with E-state index in [4.69, 9.17) is 10.5 Å². The molecule has 0 radical (unpaired) electrons. The summed E-state index contributed by atoms with van der Waals surface area (Å²) in [5.41, 5.74) is 6.94. The van der Waals surface area contributed by atoms with Crippen LogP contribution in [0.2, 0.25) is 0 Å². The first-order chi connectivity index (χ1) is 13.6. The second kappa shape index (κ2) is 9.60. The van der Waals surface area contributed by atoms with Crippen LogP contribution in [-0.2, 0) is 11.2 Å². The van der Waals surface area contributed by atoms with Gasteiger partial charge in [-0.05, 0) is 6.42 Å². The van der Waals surface area contributed by atoms with Crippen molar-refractivity contribution < 1.29 is 20.1 Å². The van der Waals surface area contributed by atoms with Gasteiger partial charge in [-0.25, -0.2) is 15.0 Å². The summed E-state index contributed by atoms with van der Waals surface area (Å²) >= 11 is 0. The molecule has 2 aromatic heterocycles. The fourth-order valence-corrected chi connectivity index (χ4v) is 3.63. The zero-order chi connectivity index (χ0) is 20.1. The van der Waals surface area contributed by atoms with E-state index in [2.05, 4.69) is 21.9 Å². The number of imidazole rings is 1. The average Bonchev–Trinajstić information content (AvgIpc) is 3.23. The number of hydrogen-bond acceptors (Lipinski definition) is 8. The Morgan fingerprint density at radius 1 is 1.07 bits per heavy atom. The Morgan fingerprint density at radius 2 is 1.79 bits per heavy atom. The highest BCUT2D eigenvalue weighted by molar-refractivity contribution is 5.81. The van der Waals surface area contributed by atoms with Crippen molar-refractivity contribution in [3.63, 3.8) is 0 Å². The molecule has 0 aromatic carbocycles. The third-order valence-electron chi connectivity index (χ3n) is 5.29. The second-order valence-electron chi connectivity index (χ2n) is 7.45. The number of aromatic nitrogens is 4. The number of nitrogens with two attached hydrogens (primary N) is 1. The fourth-order valence-electron chi connectivity index (χ4n) is 3.63. The van der Waals surface area contributed by atoms with Crippen molar-refractivity contribution in [1.82, 2.24) is 19.5 Å². The third-order valence-corrected chi connectivity index (χ3v) is 5.29. The number of hydrogen-bond donors (Lipinski definition) is 4. The second-order valence-corrected chi connectivity index (χ2v) is 7.45. The van der Waals surface area contributed by atoms with Crippen LogP contribution in [0.15, 0.2) is 6.33 Å². The van der Waals surface area contributed by atoms with Gasteiger partial charge in [-0.3, -0.25) is 4.57 Å². The minimum absolute atomic E-state index is 0.286. The molecule has 0 spiro atoms. The minimum Gasteiger partial charge on any atom is -0.394 e. The number of aryl methyl sites for hydroxylation is 1. The molecular weight excluding hydrogens is 362 g/mol. The van der Waals surface area contributed by atoms with E-state index in [1.165, 1.54) is 38.4 Å². The number of rotatable bonds is 10. The lowest BCUT2D eigenvalue weighted by atomic mass is 10.1. The number of ether oxygens (including phenoxy) is 1. The van der Waals surface area contributed by atoms with Gasteiger partial charge in [0.25, 0.3) is 0 Å². The van der Waals surface area contributed by atoms with Gasteiger partial charge in [0.2, 0.25) is 0 Å². The molecule has 2 unspecified atom stereocenters. The molecule has 1 fully saturated rings. The molecule has 9 nitrogen and oxygen atoms in total. The number of aliphatic hydroxyl groups is 3. The Labute approximate surface area is 164 Å². The van der Waals surface area contributed by atoms with E-state index >= 15 is 0 Å². The van der Waals surface area contributed by atoms with Crippen LogP contribution in [0.4, 0.5) is 5.82 Å². The SMILES string of the molecule is CCCCCCCCCc1nc(N)c2ncn([C@@H]3O[C@H](CO)C(O)C3O)c2n1. The van der Waals surface area contributed by atoms with E-state index < -0.39 is 24.5 Å². The molecule has 4 atom stereocenters. The molecule has 3 rings (SSSR count). The summed E-state index contributed by atoms with van der Waals surface area (Å²) in [7, 11) is 0. The van der Waals surface area contributed by atoms with Crippen LogP contribution in [0.25, 0.3) is 11.2 Å². The number of unbranched alkanes of at least 4 members (excludes halogenated alkanes) is 6. The first-order valence-corrected chi connectivity index (χ1v) is 10.2. The number of fused-ring (bicyclic) bond motifs is 1. The van der Waals surface area contributed by atoms with Crippen molar-refractivity contribution in [3.8, 4) is 0 Å². The summed E-state index contributed by atoms with van der Waals surface area (Å²) < 4.78 is 7.13. The summed E-state index contributed by atoms with van der Waals surface area (Å²) in [6.45, 7) is 1.82. The van der Waals surface area contributed by atoms with Crippen LogP contribution >= 0.6 is 0 Å². The van der Waals surface area contributed by atoms with Crippen molar-refractivity contribution in [1.29, 1.82) is 0 Å². The van der Waals surface area contributed by atoms with Gasteiger partial charge >= 0.3 is 0 Å². The first kappa shape index (κ1) is 20.9. The summed E-state index contributed by atoms with van der Waals surface area (Å²) in [6.07, 6.45) is 6.46. The van der Waals surface area contributed by atoms with Gasteiger partial charge in [-0.1, -0.05) is 45.4 Å². The molecular formula is C19H31N5O4. The number of nitrogens with zero attached hydrogens (tertiary/aromatic N) is 4. The molecule has 0 saturated carbocycles. The molecule has 9 heteroatoms. The predicted molar refractivity (Wildman–Crippen MR) is 104 cm³/mol. The quantitative estimate of drug-likeness (QED) is 0.443. The van der Waals surface area contributed by atoms with Crippen LogP contribution in [0, 0.1) is 0 Å². The highest BCUT2D eigenvalue weighted by Gasteiger charge is 2.44. The molecule has 1 aliphatic heterocycles. The van der Waals surface area contributed by atoms with Crippen molar-refractivity contribution in [3.05, 3.63) is 12.2 Å². The van der Waals surface area contributed by atoms with Gasteiger partial charge in [0.1, 0.15) is 29.7 Å². The van der Waals surface area contributed by atoms with Gasteiger partial charge in [0.15, 0.2) is 17.7 Å². The smallest absolute Gasteiger partial charge is 0.167 e. The summed E-state index contributed by atoms with van der Waals surface area (Å²) in [6, 6.07) is 0.